The molecule has 22 heavy (non-hydrogen) atoms. The summed E-state index contributed by atoms with van der Waals surface area (Å²) in [6.45, 7) is 16.1. The van der Waals surface area contributed by atoms with Gasteiger partial charge in [-0.25, -0.2) is 11.4 Å². The van der Waals surface area contributed by atoms with Gasteiger partial charge in [-0.05, 0) is 26.8 Å². The molecule has 0 heterocycles. The van der Waals surface area contributed by atoms with Crippen molar-refractivity contribution in [3.8, 4) is 0 Å². The van der Waals surface area contributed by atoms with Gasteiger partial charge in [0.25, 0.3) is 5.54 Å². The monoisotopic (exact) mass is 307 g/mol. The molecule has 1 rings (SSSR count). The largest absolute Gasteiger partial charge is 0.444 e. The van der Waals surface area contributed by atoms with Crippen LogP contribution in [0.3, 0.4) is 0 Å². The lowest BCUT2D eigenvalue weighted by Crippen LogP contribution is -2.55. The fraction of sp³-hybridized carbons (Fsp3) is 0.688. The fourth-order valence-corrected chi connectivity index (χ4v) is 2.40. The number of hydrogen-bond acceptors (Lipinski definition) is 3. The summed E-state index contributed by atoms with van der Waals surface area (Å²) in [5.74, 6) is -0.183. The van der Waals surface area contributed by atoms with Gasteiger partial charge in [-0.1, -0.05) is 13.0 Å². The third-order valence-electron chi connectivity index (χ3n) is 3.53. The highest BCUT2D eigenvalue weighted by atomic mass is 16.6. The Labute approximate surface area is 132 Å². The van der Waals surface area contributed by atoms with Gasteiger partial charge in [-0.2, -0.15) is 0 Å². The number of carbonyl (C=O) groups is 2. The lowest BCUT2D eigenvalue weighted by Gasteiger charge is -2.34. The van der Waals surface area contributed by atoms with Gasteiger partial charge < -0.3 is 20.2 Å². The van der Waals surface area contributed by atoms with E-state index < -0.39 is 17.2 Å². The summed E-state index contributed by atoms with van der Waals surface area (Å²) in [7, 11) is 0. The molecule has 0 unspecified atom stereocenters. The minimum atomic E-state index is -0.644. The summed E-state index contributed by atoms with van der Waals surface area (Å²) in [6.07, 6.45) is 4.15. The van der Waals surface area contributed by atoms with Crippen LogP contribution >= 0.6 is 0 Å². The summed E-state index contributed by atoms with van der Waals surface area (Å²) in [5.41, 5.74) is -1.24. The molecule has 122 valence electrons. The van der Waals surface area contributed by atoms with Gasteiger partial charge in [-0.3, -0.25) is 4.79 Å². The third kappa shape index (κ3) is 5.06. The summed E-state index contributed by atoms with van der Waals surface area (Å²) >= 11 is 0. The third-order valence-corrected chi connectivity index (χ3v) is 3.53. The van der Waals surface area contributed by atoms with Crippen molar-refractivity contribution in [1.29, 1.82) is 0 Å². The second-order valence-corrected chi connectivity index (χ2v) is 6.61. The summed E-state index contributed by atoms with van der Waals surface area (Å²) in [5, 5.41) is 5.57. The molecule has 6 nitrogen and oxygen atoms in total. The van der Waals surface area contributed by atoms with Crippen LogP contribution in [0.25, 0.3) is 4.85 Å². The Kier molecular flexibility index (Phi) is 5.59. The minimum Gasteiger partial charge on any atom is -0.444 e. The van der Waals surface area contributed by atoms with Gasteiger partial charge in [0.05, 0.1) is 18.5 Å². The standard InChI is InChI=1S/C16H25N3O3/c1-7-16(17-6)9-8-12(18-11(2)20)13(10-16)19-14(21)22-15(3,4)5/h8-9,12-13H,7,10H2,1-5H3,(H,18,20)(H,19,21)/t12-,13-,16+/m0/s1. The fourth-order valence-electron chi connectivity index (χ4n) is 2.40. The quantitative estimate of drug-likeness (QED) is 0.621. The lowest BCUT2D eigenvalue weighted by atomic mass is 9.81. The van der Waals surface area contributed by atoms with Crippen molar-refractivity contribution < 1.29 is 14.3 Å². The molecule has 1 aliphatic rings. The molecule has 2 amide bonds. The van der Waals surface area contributed by atoms with E-state index in [1.807, 2.05) is 13.0 Å². The van der Waals surface area contributed by atoms with Crippen molar-refractivity contribution in [3.63, 3.8) is 0 Å². The molecule has 0 aromatic rings. The molecule has 6 heteroatoms. The van der Waals surface area contributed by atoms with E-state index in [2.05, 4.69) is 15.5 Å². The first-order valence-corrected chi connectivity index (χ1v) is 7.45. The molecule has 0 fully saturated rings. The predicted octanol–water partition coefficient (Wildman–Crippen LogP) is 2.41. The summed E-state index contributed by atoms with van der Waals surface area (Å²) < 4.78 is 5.26. The van der Waals surface area contributed by atoms with Crippen LogP contribution in [0.5, 0.6) is 0 Å². The molecule has 0 radical (unpaired) electrons. The highest BCUT2D eigenvalue weighted by molar-refractivity contribution is 5.74. The highest BCUT2D eigenvalue weighted by Crippen LogP contribution is 2.30. The molecule has 0 saturated carbocycles. The van der Waals surface area contributed by atoms with Crippen molar-refractivity contribution in [2.24, 2.45) is 0 Å². The number of nitrogens with one attached hydrogen (secondary N) is 2. The summed E-state index contributed by atoms with van der Waals surface area (Å²) in [6, 6.07) is -0.718. The Hall–Kier alpha value is -2.03. The van der Waals surface area contributed by atoms with Crippen molar-refractivity contribution >= 4 is 12.0 Å². The zero-order valence-electron chi connectivity index (χ0n) is 13.9. The molecule has 1 aliphatic carbocycles. The van der Waals surface area contributed by atoms with E-state index in [4.69, 9.17) is 11.3 Å². The van der Waals surface area contributed by atoms with Crippen LogP contribution in [0.4, 0.5) is 4.79 Å². The van der Waals surface area contributed by atoms with Gasteiger partial charge in [0, 0.05) is 13.3 Å². The van der Waals surface area contributed by atoms with E-state index in [1.165, 1.54) is 6.92 Å². The Morgan fingerprint density at radius 2 is 2.05 bits per heavy atom. The van der Waals surface area contributed by atoms with Crippen LogP contribution in [0, 0.1) is 6.57 Å². The topological polar surface area (TPSA) is 71.8 Å². The number of nitrogens with zero attached hydrogens (tertiary/aromatic N) is 1. The lowest BCUT2D eigenvalue weighted by molar-refractivity contribution is -0.119. The van der Waals surface area contributed by atoms with Gasteiger partial charge in [-0.15, -0.1) is 0 Å². The van der Waals surface area contributed by atoms with E-state index in [9.17, 15) is 9.59 Å². The second-order valence-electron chi connectivity index (χ2n) is 6.61. The number of ether oxygens (including phenoxy) is 1. The first-order valence-electron chi connectivity index (χ1n) is 7.45. The Balaban J connectivity index is 2.90. The van der Waals surface area contributed by atoms with Gasteiger partial charge in [0.15, 0.2) is 0 Å². The normalized spacial score (nSPS) is 27.6. The predicted molar refractivity (Wildman–Crippen MR) is 84.1 cm³/mol. The van der Waals surface area contributed by atoms with E-state index >= 15 is 0 Å². The zero-order chi connectivity index (χ0) is 17.0. The SMILES string of the molecule is [C-]#[N+][C@]1(CC)C=C[C@H](NC(C)=O)[C@@H](NC(=O)OC(C)(C)C)C1. The van der Waals surface area contributed by atoms with Crippen molar-refractivity contribution in [3.05, 3.63) is 23.6 Å². The van der Waals surface area contributed by atoms with Crippen molar-refractivity contribution in [2.75, 3.05) is 0 Å². The van der Waals surface area contributed by atoms with E-state index in [1.54, 1.807) is 26.8 Å². The smallest absolute Gasteiger partial charge is 0.407 e. The molecule has 2 N–H and O–H groups in total. The van der Waals surface area contributed by atoms with Crippen LogP contribution < -0.4 is 10.6 Å². The van der Waals surface area contributed by atoms with Gasteiger partial charge >= 0.3 is 6.09 Å². The number of hydrogen-bond donors (Lipinski definition) is 2. The number of alkyl carbamates (subject to hydrolysis) is 1. The minimum absolute atomic E-state index is 0.183. The van der Waals surface area contributed by atoms with E-state index in [-0.39, 0.29) is 18.0 Å². The average Bonchev–Trinajstić information content (AvgIpc) is 2.38. The molecule has 0 spiro atoms. The molecule has 0 saturated heterocycles. The molecule has 0 aliphatic heterocycles. The van der Waals surface area contributed by atoms with Crippen molar-refractivity contribution in [2.45, 2.75) is 70.7 Å². The number of amides is 2. The van der Waals surface area contributed by atoms with E-state index in [0.29, 0.717) is 12.8 Å². The van der Waals surface area contributed by atoms with Crippen LogP contribution in [0.2, 0.25) is 0 Å². The molecule has 0 aromatic heterocycles. The van der Waals surface area contributed by atoms with Crippen LogP contribution in [-0.2, 0) is 9.53 Å². The van der Waals surface area contributed by atoms with Crippen LogP contribution in [0.15, 0.2) is 12.2 Å². The highest BCUT2D eigenvalue weighted by Gasteiger charge is 2.42. The Bertz CT molecular complexity index is 502. The average molecular weight is 307 g/mol. The number of carbonyl (C=O) groups excluding carboxylic acids is 2. The molecule has 0 aromatic carbocycles. The van der Waals surface area contributed by atoms with Crippen molar-refractivity contribution in [1.82, 2.24) is 10.6 Å². The Morgan fingerprint density at radius 1 is 1.41 bits per heavy atom. The zero-order valence-corrected chi connectivity index (χ0v) is 13.9. The first-order chi connectivity index (χ1) is 10.1. The number of rotatable bonds is 3. The van der Waals surface area contributed by atoms with Gasteiger partial charge in [0.2, 0.25) is 5.91 Å². The van der Waals surface area contributed by atoms with E-state index in [0.717, 1.165) is 0 Å². The second kappa shape index (κ2) is 6.82. The van der Waals surface area contributed by atoms with Crippen LogP contribution in [0.1, 0.15) is 47.5 Å². The maximum absolute atomic E-state index is 12.0. The summed E-state index contributed by atoms with van der Waals surface area (Å²) in [4.78, 5) is 27.0. The maximum atomic E-state index is 12.0. The van der Waals surface area contributed by atoms with Crippen LogP contribution in [-0.4, -0.2) is 35.2 Å². The molecule has 0 bridgehead atoms. The molecular formula is C16H25N3O3. The Morgan fingerprint density at radius 3 is 2.50 bits per heavy atom. The van der Waals surface area contributed by atoms with Gasteiger partial charge in [0.1, 0.15) is 5.60 Å². The first kappa shape index (κ1) is 18.0. The molecule has 3 atom stereocenters. The molecular weight excluding hydrogens is 282 g/mol. The maximum Gasteiger partial charge on any atom is 0.407 e.